The minimum atomic E-state index is -0.173. The van der Waals surface area contributed by atoms with Gasteiger partial charge in [-0.25, -0.2) is 0 Å². The fourth-order valence-corrected chi connectivity index (χ4v) is 3.87. The van der Waals surface area contributed by atoms with E-state index in [0.29, 0.717) is 16.3 Å². The van der Waals surface area contributed by atoms with Crippen LogP contribution in [0.1, 0.15) is 35.2 Å². The fraction of sp³-hybridized carbons (Fsp3) is 0.250. The molecule has 0 spiro atoms. The zero-order chi connectivity index (χ0) is 20.9. The predicted octanol–water partition coefficient (Wildman–Crippen LogP) is 4.94. The Morgan fingerprint density at radius 3 is 2.33 bits per heavy atom. The van der Waals surface area contributed by atoms with Gasteiger partial charge in [0.25, 0.3) is 5.91 Å². The molecule has 1 aliphatic heterocycles. The topological polar surface area (TPSA) is 54.3 Å². The van der Waals surface area contributed by atoms with Gasteiger partial charge in [0.1, 0.15) is 0 Å². The Labute approximate surface area is 181 Å². The summed E-state index contributed by atoms with van der Waals surface area (Å²) >= 11 is 6.27. The Morgan fingerprint density at radius 2 is 1.63 bits per heavy atom. The van der Waals surface area contributed by atoms with Crippen molar-refractivity contribution >= 4 is 29.1 Å². The van der Waals surface area contributed by atoms with Crippen LogP contribution in [0.5, 0.6) is 0 Å². The average Bonchev–Trinajstić information content (AvgIpc) is 3.31. The van der Waals surface area contributed by atoms with Crippen molar-refractivity contribution < 1.29 is 9.59 Å². The van der Waals surface area contributed by atoms with E-state index >= 15 is 0 Å². The number of hydrogen-bond donors (Lipinski definition) is 1. The van der Waals surface area contributed by atoms with Crippen molar-refractivity contribution in [2.45, 2.75) is 25.7 Å². The minimum Gasteiger partial charge on any atom is -0.339 e. The number of rotatable bonds is 5. The molecule has 154 valence electrons. The van der Waals surface area contributed by atoms with Crippen LogP contribution in [0, 0.1) is 0 Å². The molecule has 4 rings (SSSR count). The summed E-state index contributed by atoms with van der Waals surface area (Å²) in [5, 5.41) is 3.27. The Hall–Kier alpha value is -3.05. The third-order valence-corrected chi connectivity index (χ3v) is 5.66. The van der Waals surface area contributed by atoms with Gasteiger partial charge >= 0.3 is 0 Å². The highest BCUT2D eigenvalue weighted by atomic mass is 35.5. The molecule has 1 fully saturated rings. The molecule has 0 atom stereocenters. The van der Waals surface area contributed by atoms with Crippen LogP contribution in [-0.2, 0) is 11.2 Å². The molecule has 3 aromatic rings. The number of hydrogen-bond acceptors (Lipinski definition) is 2. The summed E-state index contributed by atoms with van der Waals surface area (Å²) in [5.74, 6) is -0.185. The molecular formula is C24H24ClN3O2. The first-order valence-electron chi connectivity index (χ1n) is 10.2. The number of likely N-dealkylation sites (tertiary alicyclic amines) is 1. The Bertz CT molecular complexity index is 1020. The van der Waals surface area contributed by atoms with Crippen LogP contribution < -0.4 is 5.32 Å². The second-order valence-corrected chi connectivity index (χ2v) is 7.94. The SMILES string of the molecule is O=C(Cc1ccc(-n2cccc2)cc1)Nc1cc(C(=O)N2CCCCC2)ccc1Cl. The Morgan fingerprint density at radius 1 is 0.933 bits per heavy atom. The molecule has 1 aliphatic rings. The van der Waals surface area contributed by atoms with E-state index in [4.69, 9.17) is 11.6 Å². The summed E-state index contributed by atoms with van der Waals surface area (Å²) in [7, 11) is 0. The lowest BCUT2D eigenvalue weighted by Crippen LogP contribution is -2.35. The summed E-state index contributed by atoms with van der Waals surface area (Å²) in [6.45, 7) is 1.56. The molecule has 0 unspecified atom stereocenters. The molecule has 30 heavy (non-hydrogen) atoms. The Kier molecular flexibility index (Phi) is 6.19. The third kappa shape index (κ3) is 4.74. The molecular weight excluding hydrogens is 398 g/mol. The van der Waals surface area contributed by atoms with E-state index in [-0.39, 0.29) is 18.2 Å². The highest BCUT2D eigenvalue weighted by Crippen LogP contribution is 2.25. The number of amides is 2. The minimum absolute atomic E-state index is 0.0116. The largest absolute Gasteiger partial charge is 0.339 e. The number of carbonyl (C=O) groups is 2. The molecule has 1 aromatic heterocycles. The van der Waals surface area contributed by atoms with Crippen LogP contribution in [0.3, 0.4) is 0 Å². The molecule has 0 aliphatic carbocycles. The van der Waals surface area contributed by atoms with E-state index in [1.165, 1.54) is 0 Å². The summed E-state index contributed by atoms with van der Waals surface area (Å²) in [4.78, 5) is 27.2. The molecule has 1 saturated heterocycles. The van der Waals surface area contributed by atoms with Crippen LogP contribution in [0.2, 0.25) is 5.02 Å². The van der Waals surface area contributed by atoms with E-state index in [1.54, 1.807) is 18.2 Å². The maximum atomic E-state index is 12.7. The van der Waals surface area contributed by atoms with Crippen molar-refractivity contribution in [2.24, 2.45) is 0 Å². The lowest BCUT2D eigenvalue weighted by atomic mass is 10.1. The lowest BCUT2D eigenvalue weighted by Gasteiger charge is -2.27. The van der Waals surface area contributed by atoms with Crippen molar-refractivity contribution in [3.8, 4) is 5.69 Å². The molecule has 1 N–H and O–H groups in total. The number of anilines is 1. The number of piperidine rings is 1. The molecule has 0 radical (unpaired) electrons. The molecule has 2 aromatic carbocycles. The average molecular weight is 422 g/mol. The standard InChI is InChI=1S/C24H24ClN3O2/c25-21-11-8-19(24(30)28-14-2-1-3-15-28)17-22(21)26-23(29)16-18-6-9-20(10-7-18)27-12-4-5-13-27/h4-13,17H,1-3,14-16H2,(H,26,29). The van der Waals surface area contributed by atoms with Gasteiger partial charge in [0.2, 0.25) is 5.91 Å². The van der Waals surface area contributed by atoms with Crippen molar-refractivity contribution in [3.05, 3.63) is 83.1 Å². The number of halogens is 1. The summed E-state index contributed by atoms with van der Waals surface area (Å²) in [6.07, 6.45) is 7.41. The van der Waals surface area contributed by atoms with Crippen LogP contribution in [0.4, 0.5) is 5.69 Å². The van der Waals surface area contributed by atoms with Crippen molar-refractivity contribution in [1.29, 1.82) is 0 Å². The van der Waals surface area contributed by atoms with Gasteiger partial charge in [-0.3, -0.25) is 9.59 Å². The fourth-order valence-electron chi connectivity index (χ4n) is 3.71. The van der Waals surface area contributed by atoms with Crippen LogP contribution in [0.25, 0.3) is 5.69 Å². The first-order chi connectivity index (χ1) is 14.6. The van der Waals surface area contributed by atoms with Gasteiger partial charge < -0.3 is 14.8 Å². The molecule has 2 heterocycles. The van der Waals surface area contributed by atoms with Crippen molar-refractivity contribution in [2.75, 3.05) is 18.4 Å². The van der Waals surface area contributed by atoms with Crippen LogP contribution >= 0.6 is 11.6 Å². The predicted molar refractivity (Wildman–Crippen MR) is 119 cm³/mol. The number of carbonyl (C=O) groups excluding carboxylic acids is 2. The molecule has 5 nitrogen and oxygen atoms in total. The second kappa shape index (κ2) is 9.18. The van der Waals surface area contributed by atoms with Gasteiger partial charge in [0, 0.05) is 36.7 Å². The summed E-state index contributed by atoms with van der Waals surface area (Å²) < 4.78 is 2.01. The number of benzene rings is 2. The highest BCUT2D eigenvalue weighted by molar-refractivity contribution is 6.33. The first kappa shape index (κ1) is 20.2. The van der Waals surface area contributed by atoms with Gasteiger partial charge in [-0.1, -0.05) is 23.7 Å². The van der Waals surface area contributed by atoms with E-state index < -0.39 is 0 Å². The van der Waals surface area contributed by atoms with Gasteiger partial charge in [0.05, 0.1) is 17.1 Å². The number of nitrogens with one attached hydrogen (secondary N) is 1. The van der Waals surface area contributed by atoms with Gasteiger partial charge in [-0.15, -0.1) is 0 Å². The van der Waals surface area contributed by atoms with Crippen LogP contribution in [-0.4, -0.2) is 34.4 Å². The molecule has 0 bridgehead atoms. The molecule has 2 amide bonds. The first-order valence-corrected chi connectivity index (χ1v) is 10.6. The maximum absolute atomic E-state index is 12.7. The van der Waals surface area contributed by atoms with Gasteiger partial charge in [-0.2, -0.15) is 0 Å². The highest BCUT2D eigenvalue weighted by Gasteiger charge is 2.19. The van der Waals surface area contributed by atoms with E-state index in [0.717, 1.165) is 43.6 Å². The normalized spacial score (nSPS) is 13.8. The number of aromatic nitrogens is 1. The third-order valence-electron chi connectivity index (χ3n) is 5.33. The second-order valence-electron chi connectivity index (χ2n) is 7.53. The summed E-state index contributed by atoms with van der Waals surface area (Å²) in [6, 6.07) is 16.8. The van der Waals surface area contributed by atoms with Crippen molar-refractivity contribution in [3.63, 3.8) is 0 Å². The smallest absolute Gasteiger partial charge is 0.253 e. The zero-order valence-electron chi connectivity index (χ0n) is 16.7. The zero-order valence-corrected chi connectivity index (χ0v) is 17.4. The number of nitrogens with zero attached hydrogens (tertiary/aromatic N) is 2. The Balaban J connectivity index is 1.42. The quantitative estimate of drug-likeness (QED) is 0.634. The van der Waals surface area contributed by atoms with E-state index in [9.17, 15) is 9.59 Å². The van der Waals surface area contributed by atoms with E-state index in [2.05, 4.69) is 5.32 Å². The summed E-state index contributed by atoms with van der Waals surface area (Å²) in [5.41, 5.74) is 2.96. The molecule has 6 heteroatoms. The van der Waals surface area contributed by atoms with Gasteiger partial charge in [0.15, 0.2) is 0 Å². The van der Waals surface area contributed by atoms with Crippen LogP contribution in [0.15, 0.2) is 67.0 Å². The maximum Gasteiger partial charge on any atom is 0.253 e. The van der Waals surface area contributed by atoms with Gasteiger partial charge in [-0.05, 0) is 67.3 Å². The monoisotopic (exact) mass is 421 g/mol. The lowest BCUT2D eigenvalue weighted by molar-refractivity contribution is -0.115. The molecule has 0 saturated carbocycles. The van der Waals surface area contributed by atoms with E-state index in [1.807, 2.05) is 58.3 Å². The van der Waals surface area contributed by atoms with Crippen molar-refractivity contribution in [1.82, 2.24) is 9.47 Å².